The maximum atomic E-state index is 12.8. The number of imidazole rings is 1. The van der Waals surface area contributed by atoms with Crippen LogP contribution in [0.25, 0.3) is 5.69 Å². The molecule has 0 radical (unpaired) electrons. The van der Waals surface area contributed by atoms with Gasteiger partial charge in [-0.1, -0.05) is 15.9 Å². The number of carbonyl (C=O) groups excluding carboxylic acids is 2. The third-order valence-electron chi connectivity index (χ3n) is 4.22. The number of amides is 1. The van der Waals surface area contributed by atoms with Crippen molar-refractivity contribution in [1.82, 2.24) is 14.5 Å². The van der Waals surface area contributed by atoms with E-state index in [1.54, 1.807) is 6.33 Å². The normalized spacial score (nSPS) is 19.8. The second kappa shape index (κ2) is 4.53. The first-order chi connectivity index (χ1) is 10.2. The molecule has 5 nitrogen and oxygen atoms in total. The molecule has 1 atom stereocenters. The number of fused-ring (bicyclic) bond motifs is 5. The summed E-state index contributed by atoms with van der Waals surface area (Å²) in [5.41, 5.74) is 2.69. The fourth-order valence-corrected chi connectivity index (χ4v) is 3.69. The molecule has 1 aromatic heterocycles. The highest BCUT2D eigenvalue weighted by Gasteiger charge is 2.38. The second-order valence-electron chi connectivity index (χ2n) is 5.32. The molecule has 0 spiro atoms. The Labute approximate surface area is 129 Å². The molecular formula is C15H12BrN3O2. The van der Waals surface area contributed by atoms with Gasteiger partial charge in [-0.2, -0.15) is 0 Å². The van der Waals surface area contributed by atoms with Crippen molar-refractivity contribution < 1.29 is 9.59 Å². The minimum atomic E-state index is -0.0635. The number of hydrogen-bond donors (Lipinski definition) is 0. The zero-order valence-electron chi connectivity index (χ0n) is 11.1. The van der Waals surface area contributed by atoms with Crippen molar-refractivity contribution in [2.24, 2.45) is 0 Å². The Hall–Kier alpha value is -1.95. The van der Waals surface area contributed by atoms with E-state index < -0.39 is 0 Å². The summed E-state index contributed by atoms with van der Waals surface area (Å²) in [6.07, 6.45) is 4.23. The molecule has 2 aliphatic heterocycles. The molecule has 2 aliphatic rings. The van der Waals surface area contributed by atoms with E-state index in [1.807, 2.05) is 27.7 Å². The molecular weight excluding hydrogens is 334 g/mol. The van der Waals surface area contributed by atoms with Crippen LogP contribution in [0.5, 0.6) is 0 Å². The van der Waals surface area contributed by atoms with Gasteiger partial charge < -0.3 is 4.90 Å². The number of aromatic nitrogens is 2. The van der Waals surface area contributed by atoms with Gasteiger partial charge in [-0.15, -0.1) is 0 Å². The molecule has 2 aromatic rings. The monoisotopic (exact) mass is 345 g/mol. The third kappa shape index (κ3) is 1.72. The fraction of sp³-hybridized carbons (Fsp3) is 0.267. The lowest BCUT2D eigenvalue weighted by atomic mass is 10.1. The summed E-state index contributed by atoms with van der Waals surface area (Å²) in [5, 5.41) is 0. The Kier molecular flexibility index (Phi) is 2.75. The largest absolute Gasteiger partial charge is 0.330 e. The van der Waals surface area contributed by atoms with Crippen molar-refractivity contribution in [3.8, 4) is 5.69 Å². The Morgan fingerprint density at radius 3 is 3.05 bits per heavy atom. The van der Waals surface area contributed by atoms with Crippen LogP contribution in [0.1, 0.15) is 45.4 Å². The van der Waals surface area contributed by atoms with Gasteiger partial charge in [0.15, 0.2) is 6.29 Å². The lowest BCUT2D eigenvalue weighted by Crippen LogP contribution is -2.29. The van der Waals surface area contributed by atoms with Crippen LogP contribution in [0.3, 0.4) is 0 Å². The molecule has 1 amide bonds. The number of aldehydes is 1. The number of benzene rings is 1. The van der Waals surface area contributed by atoms with Gasteiger partial charge in [-0.05, 0) is 31.0 Å². The van der Waals surface area contributed by atoms with Crippen LogP contribution in [0, 0.1) is 0 Å². The second-order valence-corrected chi connectivity index (χ2v) is 6.24. The van der Waals surface area contributed by atoms with Crippen molar-refractivity contribution in [3.05, 3.63) is 46.0 Å². The van der Waals surface area contributed by atoms with E-state index in [4.69, 9.17) is 0 Å². The standard InChI is InChI=1S/C15H12BrN3O2/c16-9-3-4-12-10(6-9)15(21)18-5-1-2-13(18)14-11(7-20)17-8-19(12)14/h3-4,6-8,13H,1-2,5H2/t13-/m0/s1. The van der Waals surface area contributed by atoms with Gasteiger partial charge in [0.1, 0.15) is 12.0 Å². The topological polar surface area (TPSA) is 55.2 Å². The number of carbonyl (C=O) groups is 2. The summed E-state index contributed by atoms with van der Waals surface area (Å²) in [6.45, 7) is 0.721. The van der Waals surface area contributed by atoms with Gasteiger partial charge in [0, 0.05) is 11.0 Å². The molecule has 0 bridgehead atoms. The number of hydrogen-bond acceptors (Lipinski definition) is 3. The van der Waals surface area contributed by atoms with Crippen LogP contribution in [0.4, 0.5) is 0 Å². The van der Waals surface area contributed by atoms with Crippen LogP contribution >= 0.6 is 15.9 Å². The van der Waals surface area contributed by atoms with Gasteiger partial charge in [-0.25, -0.2) is 4.98 Å². The molecule has 0 N–H and O–H groups in total. The molecule has 0 aliphatic carbocycles. The zero-order valence-corrected chi connectivity index (χ0v) is 12.7. The molecule has 1 aromatic carbocycles. The zero-order chi connectivity index (χ0) is 14.6. The Bertz CT molecular complexity index is 768. The lowest BCUT2D eigenvalue weighted by Gasteiger charge is -2.22. The fourth-order valence-electron chi connectivity index (χ4n) is 3.32. The van der Waals surface area contributed by atoms with Crippen LogP contribution in [-0.2, 0) is 0 Å². The summed E-state index contributed by atoms with van der Waals surface area (Å²) in [4.78, 5) is 30.2. The number of rotatable bonds is 1. The van der Waals surface area contributed by atoms with E-state index >= 15 is 0 Å². The van der Waals surface area contributed by atoms with E-state index in [2.05, 4.69) is 20.9 Å². The molecule has 1 saturated heterocycles. The predicted molar refractivity (Wildman–Crippen MR) is 79.7 cm³/mol. The average molecular weight is 346 g/mol. The highest BCUT2D eigenvalue weighted by atomic mass is 79.9. The van der Waals surface area contributed by atoms with Crippen molar-refractivity contribution in [2.75, 3.05) is 6.54 Å². The first kappa shape index (κ1) is 12.8. The first-order valence-corrected chi connectivity index (χ1v) is 7.63. The summed E-state index contributed by atoms with van der Waals surface area (Å²) in [6, 6.07) is 5.56. The van der Waals surface area contributed by atoms with Crippen molar-refractivity contribution in [1.29, 1.82) is 0 Å². The summed E-state index contributed by atoms with van der Waals surface area (Å²) < 4.78 is 2.75. The van der Waals surface area contributed by atoms with Crippen LogP contribution in [0.15, 0.2) is 29.0 Å². The first-order valence-electron chi connectivity index (χ1n) is 6.84. The Morgan fingerprint density at radius 2 is 2.24 bits per heavy atom. The van der Waals surface area contributed by atoms with E-state index in [0.29, 0.717) is 11.3 Å². The van der Waals surface area contributed by atoms with Crippen LogP contribution in [-0.4, -0.2) is 33.2 Å². The summed E-state index contributed by atoms with van der Waals surface area (Å²) in [7, 11) is 0. The van der Waals surface area contributed by atoms with Gasteiger partial charge >= 0.3 is 0 Å². The quantitative estimate of drug-likeness (QED) is 0.746. The molecule has 4 rings (SSSR count). The van der Waals surface area contributed by atoms with Gasteiger partial charge in [0.25, 0.3) is 5.91 Å². The Morgan fingerprint density at radius 1 is 1.38 bits per heavy atom. The smallest absolute Gasteiger partial charge is 0.256 e. The van der Waals surface area contributed by atoms with E-state index in [1.165, 1.54) is 0 Å². The maximum Gasteiger partial charge on any atom is 0.256 e. The van der Waals surface area contributed by atoms with Gasteiger partial charge in [0.05, 0.1) is 23.0 Å². The SMILES string of the molecule is O=Cc1ncn2c1[C@@H]1CCCN1C(=O)c1cc(Br)ccc1-2. The average Bonchev–Trinajstić information content (AvgIpc) is 3.10. The molecule has 21 heavy (non-hydrogen) atoms. The molecule has 6 heteroatoms. The molecule has 3 heterocycles. The van der Waals surface area contributed by atoms with Gasteiger partial charge in [0.2, 0.25) is 0 Å². The van der Waals surface area contributed by atoms with Crippen LogP contribution in [0.2, 0.25) is 0 Å². The lowest BCUT2D eigenvalue weighted by molar-refractivity contribution is 0.0737. The third-order valence-corrected chi connectivity index (χ3v) is 4.72. The molecule has 0 unspecified atom stereocenters. The van der Waals surface area contributed by atoms with Crippen molar-refractivity contribution in [3.63, 3.8) is 0 Å². The van der Waals surface area contributed by atoms with Gasteiger partial charge in [-0.3, -0.25) is 14.2 Å². The molecule has 0 saturated carbocycles. The molecule has 1 fully saturated rings. The van der Waals surface area contributed by atoms with E-state index in [0.717, 1.165) is 41.5 Å². The van der Waals surface area contributed by atoms with Crippen LogP contribution < -0.4 is 0 Å². The minimum absolute atomic E-state index is 0.0225. The molecule has 106 valence electrons. The van der Waals surface area contributed by atoms with Crippen molar-refractivity contribution in [2.45, 2.75) is 18.9 Å². The van der Waals surface area contributed by atoms with Crippen molar-refractivity contribution >= 4 is 28.1 Å². The highest BCUT2D eigenvalue weighted by Crippen LogP contribution is 2.39. The maximum absolute atomic E-state index is 12.8. The summed E-state index contributed by atoms with van der Waals surface area (Å²) >= 11 is 3.42. The predicted octanol–water partition coefficient (Wildman–Crippen LogP) is 2.74. The van der Waals surface area contributed by atoms with E-state index in [9.17, 15) is 9.59 Å². The summed E-state index contributed by atoms with van der Waals surface area (Å²) in [5.74, 6) is 0.0225. The Balaban J connectivity index is 2.05. The number of halogens is 1. The minimum Gasteiger partial charge on any atom is -0.330 e. The van der Waals surface area contributed by atoms with E-state index in [-0.39, 0.29) is 11.9 Å². The highest BCUT2D eigenvalue weighted by molar-refractivity contribution is 9.10. The number of nitrogens with zero attached hydrogens (tertiary/aromatic N) is 3.